The lowest BCUT2D eigenvalue weighted by Gasteiger charge is -2.26. The van der Waals surface area contributed by atoms with Crippen LogP contribution in [-0.2, 0) is 25.6 Å². The monoisotopic (exact) mass is 416 g/mol. The van der Waals surface area contributed by atoms with Gasteiger partial charge in [0, 0.05) is 12.8 Å². The number of benzene rings is 1. The van der Waals surface area contributed by atoms with Gasteiger partial charge in [-0.05, 0) is 32.4 Å². The zero-order valence-corrected chi connectivity index (χ0v) is 17.5. The van der Waals surface area contributed by atoms with Crippen molar-refractivity contribution in [1.82, 2.24) is 4.90 Å². The minimum absolute atomic E-state index is 0.141. The molecule has 1 saturated heterocycles. The van der Waals surface area contributed by atoms with Crippen molar-refractivity contribution >= 4 is 18.0 Å². The molecule has 1 unspecified atom stereocenters. The Hall–Kier alpha value is -2.87. The Kier molecular flexibility index (Phi) is 6.77. The predicted octanol–water partition coefficient (Wildman–Crippen LogP) is 3.37. The van der Waals surface area contributed by atoms with Gasteiger partial charge in [-0.25, -0.2) is 14.6 Å². The van der Waals surface area contributed by atoms with Gasteiger partial charge in [0.05, 0.1) is 12.6 Å². The first kappa shape index (κ1) is 21.8. The first-order chi connectivity index (χ1) is 14.2. The highest BCUT2D eigenvalue weighted by molar-refractivity contribution is 5.88. The first-order valence-electron chi connectivity index (χ1n) is 10.0. The molecule has 2 aliphatic heterocycles. The molecule has 1 aromatic carbocycles. The molecule has 3 atom stereocenters. The van der Waals surface area contributed by atoms with Gasteiger partial charge >= 0.3 is 12.1 Å². The molecule has 0 aliphatic carbocycles. The van der Waals surface area contributed by atoms with Crippen LogP contribution in [0.25, 0.3) is 0 Å². The van der Waals surface area contributed by atoms with Crippen LogP contribution in [0.2, 0.25) is 0 Å². The van der Waals surface area contributed by atoms with Crippen LogP contribution in [0.5, 0.6) is 0 Å². The number of hydrogen-bond donors (Lipinski definition) is 1. The fraction of sp³-hybridized carbons (Fsp3) is 0.500. The summed E-state index contributed by atoms with van der Waals surface area (Å²) in [4.78, 5) is 29.7. The molecule has 1 N–H and O–H groups in total. The Labute approximate surface area is 176 Å². The van der Waals surface area contributed by atoms with Crippen molar-refractivity contribution in [3.05, 3.63) is 48.0 Å². The number of rotatable bonds is 5. The predicted molar refractivity (Wildman–Crippen MR) is 110 cm³/mol. The maximum atomic E-state index is 12.4. The number of amides is 1. The molecule has 1 amide bonds. The second kappa shape index (κ2) is 9.30. The molecule has 1 aromatic rings. The number of likely N-dealkylation sites (tertiary alicyclic amines) is 1. The van der Waals surface area contributed by atoms with Crippen LogP contribution < -0.4 is 0 Å². The zero-order chi connectivity index (χ0) is 21.7. The molecular formula is C22H28N2O6. The molecule has 8 nitrogen and oxygen atoms in total. The van der Waals surface area contributed by atoms with E-state index in [1.165, 1.54) is 4.90 Å². The van der Waals surface area contributed by atoms with Crippen molar-refractivity contribution in [1.29, 1.82) is 0 Å². The Morgan fingerprint density at radius 1 is 1.23 bits per heavy atom. The smallest absolute Gasteiger partial charge is 0.411 e. The fourth-order valence-corrected chi connectivity index (χ4v) is 3.30. The van der Waals surface area contributed by atoms with E-state index in [9.17, 15) is 14.7 Å². The summed E-state index contributed by atoms with van der Waals surface area (Å²) in [5.74, 6) is -0.613. The zero-order valence-electron chi connectivity index (χ0n) is 17.5. The molecule has 3 rings (SSSR count). The number of aliphatic imine (C=N–C) groups is 1. The summed E-state index contributed by atoms with van der Waals surface area (Å²) in [7, 11) is 0. The Morgan fingerprint density at radius 2 is 1.97 bits per heavy atom. The lowest BCUT2D eigenvalue weighted by Crippen LogP contribution is -2.43. The van der Waals surface area contributed by atoms with Crippen molar-refractivity contribution in [2.75, 3.05) is 6.54 Å². The first-order valence-corrected chi connectivity index (χ1v) is 10.0. The molecule has 0 saturated carbocycles. The molecule has 30 heavy (non-hydrogen) atoms. The van der Waals surface area contributed by atoms with Gasteiger partial charge in [-0.3, -0.25) is 4.90 Å². The number of ether oxygens (including phenoxy) is 3. The molecular weight excluding hydrogens is 388 g/mol. The molecule has 1 fully saturated rings. The van der Waals surface area contributed by atoms with E-state index in [1.54, 1.807) is 26.8 Å². The number of hydrogen-bond acceptors (Lipinski definition) is 6. The highest BCUT2D eigenvalue weighted by Crippen LogP contribution is 2.26. The molecule has 2 aliphatic rings. The standard InChI is InChI=1S/C22H28N2O6/c1-22(2,3)30-21(27)24-13-16(12-17(24)20(25)26)29-19-11-7-10-18(23-19)28-14-15-8-5-4-6-9-15/h4-10,16-17,19H,11-14H2,1-3H3,(H,25,26)/t16-,17+,19?/m1/s1. The van der Waals surface area contributed by atoms with Gasteiger partial charge in [0.1, 0.15) is 18.2 Å². The molecule has 0 radical (unpaired) electrons. The average molecular weight is 416 g/mol. The lowest BCUT2D eigenvalue weighted by atomic mass is 10.2. The Morgan fingerprint density at radius 3 is 2.63 bits per heavy atom. The fourth-order valence-electron chi connectivity index (χ4n) is 3.30. The number of carbonyl (C=O) groups excluding carboxylic acids is 1. The molecule has 0 bridgehead atoms. The van der Waals surface area contributed by atoms with Crippen molar-refractivity contribution < 1.29 is 28.9 Å². The van der Waals surface area contributed by atoms with E-state index in [4.69, 9.17) is 14.2 Å². The van der Waals surface area contributed by atoms with E-state index < -0.39 is 36.0 Å². The third-order valence-corrected chi connectivity index (χ3v) is 4.62. The van der Waals surface area contributed by atoms with Crippen molar-refractivity contribution in [3.8, 4) is 0 Å². The average Bonchev–Trinajstić information content (AvgIpc) is 3.11. The molecule has 0 aromatic heterocycles. The highest BCUT2D eigenvalue weighted by Gasteiger charge is 2.42. The van der Waals surface area contributed by atoms with Crippen molar-refractivity contribution in [2.45, 2.75) is 64.2 Å². The van der Waals surface area contributed by atoms with E-state index in [0.29, 0.717) is 18.9 Å². The second-order valence-electron chi connectivity index (χ2n) is 8.31. The van der Waals surface area contributed by atoms with E-state index >= 15 is 0 Å². The topological polar surface area (TPSA) is 97.7 Å². The maximum Gasteiger partial charge on any atom is 0.411 e. The largest absolute Gasteiger partial charge is 0.480 e. The van der Waals surface area contributed by atoms with Crippen LogP contribution in [0.4, 0.5) is 4.79 Å². The minimum Gasteiger partial charge on any atom is -0.480 e. The van der Waals surface area contributed by atoms with E-state index in [1.807, 2.05) is 36.4 Å². The highest BCUT2D eigenvalue weighted by atomic mass is 16.6. The van der Waals surface area contributed by atoms with Crippen LogP contribution in [0.3, 0.4) is 0 Å². The lowest BCUT2D eigenvalue weighted by molar-refractivity contribution is -0.142. The van der Waals surface area contributed by atoms with Gasteiger partial charge in [0.15, 0.2) is 6.23 Å². The molecule has 2 heterocycles. The molecule has 162 valence electrons. The number of carboxylic acids is 1. The normalized spacial score (nSPS) is 23.8. The minimum atomic E-state index is -1.08. The number of carbonyl (C=O) groups is 2. The van der Waals surface area contributed by atoms with E-state index in [2.05, 4.69) is 4.99 Å². The summed E-state index contributed by atoms with van der Waals surface area (Å²) >= 11 is 0. The van der Waals surface area contributed by atoms with E-state index in [-0.39, 0.29) is 13.0 Å². The summed E-state index contributed by atoms with van der Waals surface area (Å²) in [5, 5.41) is 9.51. The second-order valence-corrected chi connectivity index (χ2v) is 8.31. The van der Waals surface area contributed by atoms with Crippen LogP contribution in [-0.4, -0.2) is 58.5 Å². The summed E-state index contributed by atoms with van der Waals surface area (Å²) in [6.07, 6.45) is 2.86. The van der Waals surface area contributed by atoms with Crippen LogP contribution in [0.1, 0.15) is 39.2 Å². The Bertz CT molecular complexity index is 815. The van der Waals surface area contributed by atoms with Crippen molar-refractivity contribution in [2.24, 2.45) is 4.99 Å². The third-order valence-electron chi connectivity index (χ3n) is 4.62. The summed E-state index contributed by atoms with van der Waals surface area (Å²) in [6.45, 7) is 5.76. The SMILES string of the molecule is CC(C)(C)OC(=O)N1C[C@H](OC2CC=CC(OCc3ccccc3)=N2)C[C@H]1C(=O)O. The summed E-state index contributed by atoms with van der Waals surface area (Å²) in [5.41, 5.74) is 0.326. The van der Waals surface area contributed by atoms with Gasteiger partial charge in [-0.1, -0.05) is 36.4 Å². The number of carboxylic acid groups (broad SMARTS) is 1. The summed E-state index contributed by atoms with van der Waals surface area (Å²) < 4.78 is 17.1. The third kappa shape index (κ3) is 6.06. The van der Waals surface area contributed by atoms with Crippen LogP contribution in [0.15, 0.2) is 47.5 Å². The van der Waals surface area contributed by atoms with Gasteiger partial charge < -0.3 is 19.3 Å². The van der Waals surface area contributed by atoms with Gasteiger partial charge in [-0.2, -0.15) is 0 Å². The van der Waals surface area contributed by atoms with E-state index in [0.717, 1.165) is 5.56 Å². The van der Waals surface area contributed by atoms with Crippen LogP contribution in [0, 0.1) is 0 Å². The van der Waals surface area contributed by atoms with Gasteiger partial charge in [-0.15, -0.1) is 0 Å². The summed E-state index contributed by atoms with van der Waals surface area (Å²) in [6, 6.07) is 8.78. The molecule has 8 heteroatoms. The Balaban J connectivity index is 1.58. The van der Waals surface area contributed by atoms with Gasteiger partial charge in [0.25, 0.3) is 0 Å². The quantitative estimate of drug-likeness (QED) is 0.790. The number of nitrogens with zero attached hydrogens (tertiary/aromatic N) is 2. The molecule has 0 spiro atoms. The van der Waals surface area contributed by atoms with Crippen molar-refractivity contribution in [3.63, 3.8) is 0 Å². The van der Waals surface area contributed by atoms with Gasteiger partial charge in [0.2, 0.25) is 5.90 Å². The number of dihydropyridines is 1. The van der Waals surface area contributed by atoms with Crippen LogP contribution >= 0.6 is 0 Å². The maximum absolute atomic E-state index is 12.4. The number of aliphatic carboxylic acids is 1.